The lowest BCUT2D eigenvalue weighted by Gasteiger charge is -2.04. The predicted molar refractivity (Wildman–Crippen MR) is 106 cm³/mol. The van der Waals surface area contributed by atoms with Gasteiger partial charge in [-0.05, 0) is 26.0 Å². The Labute approximate surface area is 163 Å². The van der Waals surface area contributed by atoms with Crippen LogP contribution in [0.2, 0.25) is 0 Å². The Kier molecular flexibility index (Phi) is 5.98. The molecule has 0 unspecified atom stereocenters. The molecule has 12 heteroatoms. The normalized spacial score (nSPS) is 11.4. The van der Waals surface area contributed by atoms with Gasteiger partial charge in [0.05, 0.1) is 17.2 Å². The van der Waals surface area contributed by atoms with E-state index in [2.05, 4.69) is 36.0 Å². The van der Waals surface area contributed by atoms with Gasteiger partial charge in [-0.3, -0.25) is 9.78 Å². The fourth-order valence-corrected chi connectivity index (χ4v) is 3.30. The van der Waals surface area contributed by atoms with Crippen LogP contribution in [0.4, 0.5) is 11.1 Å². The molecule has 27 heavy (non-hydrogen) atoms. The first-order valence-corrected chi connectivity index (χ1v) is 9.65. The molecule has 10 nitrogen and oxygen atoms in total. The van der Waals surface area contributed by atoms with Crippen molar-refractivity contribution in [2.75, 3.05) is 22.3 Å². The van der Waals surface area contributed by atoms with E-state index in [4.69, 9.17) is 5.84 Å². The van der Waals surface area contributed by atoms with E-state index in [1.807, 2.05) is 31.4 Å². The summed E-state index contributed by atoms with van der Waals surface area (Å²) in [6.07, 6.45) is 3.37. The smallest absolute Gasteiger partial charge is 0.264 e. The van der Waals surface area contributed by atoms with Crippen LogP contribution in [0.1, 0.15) is 18.2 Å². The van der Waals surface area contributed by atoms with Crippen LogP contribution >= 0.6 is 23.1 Å². The Balaban J connectivity index is 1.56. The van der Waals surface area contributed by atoms with E-state index in [1.54, 1.807) is 12.4 Å². The van der Waals surface area contributed by atoms with Crippen LogP contribution in [0, 0.1) is 6.92 Å². The van der Waals surface area contributed by atoms with Crippen LogP contribution in [-0.2, 0) is 4.79 Å². The van der Waals surface area contributed by atoms with Crippen molar-refractivity contribution >= 4 is 45.8 Å². The maximum Gasteiger partial charge on any atom is 0.264 e. The second-order valence-corrected chi connectivity index (χ2v) is 7.15. The molecule has 0 saturated carbocycles. The number of amides is 1. The quantitative estimate of drug-likeness (QED) is 0.235. The van der Waals surface area contributed by atoms with Crippen LogP contribution in [-0.4, -0.2) is 42.2 Å². The number of thiazole rings is 1. The summed E-state index contributed by atoms with van der Waals surface area (Å²) in [5.74, 6) is 6.16. The molecule has 0 spiro atoms. The number of carbonyl (C=O) groups is 1. The summed E-state index contributed by atoms with van der Waals surface area (Å²) in [5, 5.41) is 17.7. The lowest BCUT2D eigenvalue weighted by molar-refractivity contribution is -0.113. The molecule has 3 aromatic rings. The monoisotopic (exact) mass is 403 g/mol. The maximum atomic E-state index is 12.0. The molecular weight excluding hydrogens is 386 g/mol. The van der Waals surface area contributed by atoms with Gasteiger partial charge < -0.3 is 11.2 Å². The van der Waals surface area contributed by atoms with Crippen molar-refractivity contribution in [3.05, 3.63) is 41.2 Å². The third kappa shape index (κ3) is 5.01. The van der Waals surface area contributed by atoms with Crippen molar-refractivity contribution in [1.29, 1.82) is 0 Å². The molecule has 1 amide bonds. The van der Waals surface area contributed by atoms with E-state index in [-0.39, 0.29) is 17.6 Å². The Hall–Kier alpha value is -2.99. The number of nitrogens with one attached hydrogen (secondary N) is 2. The molecule has 4 N–H and O–H groups in total. The van der Waals surface area contributed by atoms with Gasteiger partial charge in [-0.1, -0.05) is 11.8 Å². The van der Waals surface area contributed by atoms with Gasteiger partial charge in [0.2, 0.25) is 11.1 Å². The standard InChI is InChI=1S/C15H17N9OS2/c1-9-7-26-14(18-9)19-12(25)8-27-15-23-22-13(24(15)16)21-20-10(2)11-3-5-17-6-4-11/h3-7H,8,16H2,1-2H3,(H,21,22)(H,18,19,25)/b20-10+. The van der Waals surface area contributed by atoms with Crippen molar-refractivity contribution < 1.29 is 4.79 Å². The van der Waals surface area contributed by atoms with E-state index >= 15 is 0 Å². The minimum absolute atomic E-state index is 0.132. The van der Waals surface area contributed by atoms with Crippen LogP contribution in [0.15, 0.2) is 40.2 Å². The molecular formula is C15H17N9OS2. The van der Waals surface area contributed by atoms with Gasteiger partial charge in [0, 0.05) is 23.3 Å². The molecule has 0 fully saturated rings. The molecule has 3 aromatic heterocycles. The van der Waals surface area contributed by atoms with Crippen molar-refractivity contribution in [1.82, 2.24) is 24.8 Å². The number of anilines is 2. The summed E-state index contributed by atoms with van der Waals surface area (Å²) < 4.78 is 1.24. The second-order valence-electron chi connectivity index (χ2n) is 5.35. The fourth-order valence-electron chi connectivity index (χ4n) is 1.94. The highest BCUT2D eigenvalue weighted by molar-refractivity contribution is 7.99. The Morgan fingerprint density at radius 1 is 1.37 bits per heavy atom. The van der Waals surface area contributed by atoms with Crippen molar-refractivity contribution in [3.8, 4) is 0 Å². The highest BCUT2D eigenvalue weighted by Gasteiger charge is 2.13. The van der Waals surface area contributed by atoms with Crippen molar-refractivity contribution in [2.45, 2.75) is 19.0 Å². The minimum Gasteiger partial charge on any atom is -0.334 e. The average molecular weight is 403 g/mol. The second kappa shape index (κ2) is 8.60. The zero-order valence-corrected chi connectivity index (χ0v) is 16.2. The van der Waals surface area contributed by atoms with Gasteiger partial charge in [-0.2, -0.15) is 5.10 Å². The number of nitrogen functional groups attached to an aromatic ring is 1. The van der Waals surface area contributed by atoms with Gasteiger partial charge >= 0.3 is 0 Å². The van der Waals surface area contributed by atoms with Crippen molar-refractivity contribution in [3.63, 3.8) is 0 Å². The number of hydrogen-bond donors (Lipinski definition) is 3. The number of aromatic nitrogens is 5. The number of hydrazone groups is 1. The van der Waals surface area contributed by atoms with Crippen LogP contribution in [0.3, 0.4) is 0 Å². The molecule has 3 heterocycles. The van der Waals surface area contributed by atoms with Gasteiger partial charge in [0.1, 0.15) is 0 Å². The summed E-state index contributed by atoms with van der Waals surface area (Å²) in [6.45, 7) is 3.71. The van der Waals surface area contributed by atoms with E-state index in [1.165, 1.54) is 27.8 Å². The van der Waals surface area contributed by atoms with Gasteiger partial charge in [0.15, 0.2) is 5.13 Å². The lowest BCUT2D eigenvalue weighted by Crippen LogP contribution is -2.17. The summed E-state index contributed by atoms with van der Waals surface area (Å²) in [6, 6.07) is 3.69. The SMILES string of the molecule is C/C(=N\Nc1nnc(SCC(=O)Nc2nc(C)cs2)n1N)c1ccncc1. The Morgan fingerprint density at radius 3 is 2.85 bits per heavy atom. The molecule has 0 atom stereocenters. The number of hydrogen-bond acceptors (Lipinski definition) is 10. The Bertz CT molecular complexity index is 951. The van der Waals surface area contributed by atoms with Gasteiger partial charge in [0.25, 0.3) is 5.95 Å². The summed E-state index contributed by atoms with van der Waals surface area (Å²) in [5.41, 5.74) is 5.30. The number of pyridine rings is 1. The molecule has 0 aliphatic heterocycles. The van der Waals surface area contributed by atoms with Gasteiger partial charge in [-0.15, -0.1) is 21.5 Å². The minimum atomic E-state index is -0.196. The zero-order valence-electron chi connectivity index (χ0n) is 14.6. The molecule has 0 bridgehead atoms. The number of rotatable bonds is 7. The van der Waals surface area contributed by atoms with E-state index in [0.717, 1.165) is 17.0 Å². The molecule has 0 radical (unpaired) electrons. The first-order chi connectivity index (χ1) is 13.0. The molecule has 0 aromatic carbocycles. The highest BCUT2D eigenvalue weighted by atomic mass is 32.2. The number of nitrogens with zero attached hydrogens (tertiary/aromatic N) is 6. The molecule has 0 aliphatic rings. The molecule has 0 saturated heterocycles. The number of aryl methyl sites for hydroxylation is 1. The van der Waals surface area contributed by atoms with Crippen LogP contribution in [0.5, 0.6) is 0 Å². The van der Waals surface area contributed by atoms with Crippen LogP contribution < -0.4 is 16.6 Å². The summed E-state index contributed by atoms with van der Waals surface area (Å²) in [7, 11) is 0. The predicted octanol–water partition coefficient (Wildman–Crippen LogP) is 1.72. The van der Waals surface area contributed by atoms with Crippen molar-refractivity contribution in [2.24, 2.45) is 5.10 Å². The van der Waals surface area contributed by atoms with Gasteiger partial charge in [-0.25, -0.2) is 15.1 Å². The van der Waals surface area contributed by atoms with E-state index < -0.39 is 0 Å². The summed E-state index contributed by atoms with van der Waals surface area (Å²) in [4.78, 5) is 20.1. The molecule has 3 rings (SSSR count). The topological polar surface area (TPSA) is 136 Å². The largest absolute Gasteiger partial charge is 0.334 e. The summed E-state index contributed by atoms with van der Waals surface area (Å²) >= 11 is 2.54. The number of thioether (sulfide) groups is 1. The first-order valence-electron chi connectivity index (χ1n) is 7.79. The molecule has 140 valence electrons. The third-order valence-electron chi connectivity index (χ3n) is 3.28. The third-order valence-corrected chi connectivity index (χ3v) is 5.10. The fraction of sp³-hybridized carbons (Fsp3) is 0.200. The number of carbonyl (C=O) groups excluding carboxylic acids is 1. The highest BCUT2D eigenvalue weighted by Crippen LogP contribution is 2.19. The average Bonchev–Trinajstić information content (AvgIpc) is 3.24. The maximum absolute atomic E-state index is 12.0. The number of nitrogens with two attached hydrogens (primary N) is 1. The molecule has 0 aliphatic carbocycles. The van der Waals surface area contributed by atoms with E-state index in [0.29, 0.717) is 10.3 Å². The zero-order chi connectivity index (χ0) is 19.2. The van der Waals surface area contributed by atoms with Crippen LogP contribution in [0.25, 0.3) is 0 Å². The first kappa shape index (κ1) is 18.8. The lowest BCUT2D eigenvalue weighted by atomic mass is 10.2. The van der Waals surface area contributed by atoms with E-state index in [9.17, 15) is 4.79 Å². The Morgan fingerprint density at radius 2 is 2.15 bits per heavy atom.